The Morgan fingerprint density at radius 2 is 1.94 bits per heavy atom. The van der Waals surface area contributed by atoms with E-state index < -0.39 is 29.7 Å². The van der Waals surface area contributed by atoms with E-state index in [2.05, 4.69) is 36.4 Å². The Bertz CT molecular complexity index is 835. The highest BCUT2D eigenvalue weighted by atomic mass is 32.1. The van der Waals surface area contributed by atoms with Crippen molar-refractivity contribution >= 4 is 36.6 Å². The van der Waals surface area contributed by atoms with E-state index in [1.165, 1.54) is 4.90 Å². The molecule has 3 amide bonds. The second-order valence-corrected chi connectivity index (χ2v) is 8.95. The van der Waals surface area contributed by atoms with E-state index in [-0.39, 0.29) is 18.2 Å². The lowest BCUT2D eigenvalue weighted by Crippen LogP contribution is -2.53. The van der Waals surface area contributed by atoms with Gasteiger partial charge in [-0.25, -0.2) is 4.79 Å². The number of carbonyl (C=O) groups is 3. The number of thiol groups is 1. The predicted molar refractivity (Wildman–Crippen MR) is 136 cm³/mol. The lowest BCUT2D eigenvalue weighted by molar-refractivity contribution is -0.141. The summed E-state index contributed by atoms with van der Waals surface area (Å²) < 4.78 is 5.28. The number of nitrogens with zero attached hydrogens (tertiary/aromatic N) is 1. The van der Waals surface area contributed by atoms with Crippen molar-refractivity contribution in [2.24, 2.45) is 0 Å². The van der Waals surface area contributed by atoms with Crippen LogP contribution in [0.4, 0.5) is 4.79 Å². The van der Waals surface area contributed by atoms with Crippen molar-refractivity contribution in [2.45, 2.75) is 58.2 Å². The maximum absolute atomic E-state index is 13.5. The third-order valence-corrected chi connectivity index (χ3v) is 5.00. The summed E-state index contributed by atoms with van der Waals surface area (Å²) in [7, 11) is 0. The zero-order chi connectivity index (χ0) is 25.0. The zero-order valence-corrected chi connectivity index (χ0v) is 21.0. The van der Waals surface area contributed by atoms with Gasteiger partial charge in [0.1, 0.15) is 17.7 Å². The van der Waals surface area contributed by atoms with Gasteiger partial charge in [-0.1, -0.05) is 50.3 Å². The molecule has 1 rings (SSSR count). The van der Waals surface area contributed by atoms with Gasteiger partial charge in [0.25, 0.3) is 0 Å². The van der Waals surface area contributed by atoms with Crippen molar-refractivity contribution < 1.29 is 19.1 Å². The Morgan fingerprint density at radius 3 is 2.48 bits per heavy atom. The number of nitrogens with one attached hydrogen (secondary N) is 2. The Morgan fingerprint density at radius 1 is 1.24 bits per heavy atom. The van der Waals surface area contributed by atoms with Crippen LogP contribution in [-0.2, 0) is 14.3 Å². The first-order valence-corrected chi connectivity index (χ1v) is 11.7. The molecule has 0 radical (unpaired) electrons. The van der Waals surface area contributed by atoms with Crippen molar-refractivity contribution in [3.05, 3.63) is 54.6 Å². The molecule has 0 aliphatic carbocycles. The van der Waals surface area contributed by atoms with Crippen molar-refractivity contribution in [2.75, 3.05) is 18.8 Å². The molecule has 0 heterocycles. The Hall–Kier alpha value is -2.74. The Balaban J connectivity index is 3.33. The number of hydrogen-bond donors (Lipinski definition) is 3. The molecule has 8 heteroatoms. The monoisotopic (exact) mass is 475 g/mol. The maximum Gasteiger partial charge on any atom is 0.408 e. The standard InChI is InChI=1S/C25H37N3O4S/c1-7-10-14-26-22(29)21(19-13-11-12-18(9-3)16-19)28(15-8-2)23(30)20(17-33)27-24(31)32-25(4,5)6/h8-9,11-13,16,20-21,33H,2-3,7,10,14-15,17H2,1,4-6H3,(H,26,29)(H,27,31). The fourth-order valence-electron chi connectivity index (χ4n) is 3.11. The largest absolute Gasteiger partial charge is 0.444 e. The van der Waals surface area contributed by atoms with E-state index in [0.717, 1.165) is 18.4 Å². The van der Waals surface area contributed by atoms with Crippen LogP contribution in [0.2, 0.25) is 0 Å². The number of amides is 3. The van der Waals surface area contributed by atoms with Gasteiger partial charge in [-0.2, -0.15) is 12.6 Å². The maximum atomic E-state index is 13.5. The number of alkyl carbamates (subject to hydrolysis) is 1. The summed E-state index contributed by atoms with van der Waals surface area (Å²) in [5.74, 6) is -0.742. The van der Waals surface area contributed by atoms with Crippen LogP contribution in [-0.4, -0.2) is 53.3 Å². The number of rotatable bonds is 12. The van der Waals surface area contributed by atoms with Gasteiger partial charge in [-0.3, -0.25) is 9.59 Å². The van der Waals surface area contributed by atoms with Gasteiger partial charge >= 0.3 is 6.09 Å². The van der Waals surface area contributed by atoms with Crippen LogP contribution in [0, 0.1) is 0 Å². The molecule has 0 saturated heterocycles. The first-order valence-electron chi connectivity index (χ1n) is 11.1. The van der Waals surface area contributed by atoms with Gasteiger partial charge in [0.05, 0.1) is 0 Å². The molecule has 1 aromatic rings. The summed E-state index contributed by atoms with van der Waals surface area (Å²) in [4.78, 5) is 40.5. The van der Waals surface area contributed by atoms with Crippen molar-refractivity contribution in [1.29, 1.82) is 0 Å². The lowest BCUT2D eigenvalue weighted by Gasteiger charge is -2.33. The molecular formula is C25H37N3O4S. The molecular weight excluding hydrogens is 438 g/mol. The summed E-state index contributed by atoms with van der Waals surface area (Å²) in [6.07, 6.45) is 4.24. The highest BCUT2D eigenvalue weighted by Crippen LogP contribution is 2.24. The number of carbonyl (C=O) groups excluding carboxylic acids is 3. The second-order valence-electron chi connectivity index (χ2n) is 8.58. The minimum atomic E-state index is -0.989. The molecule has 1 aromatic carbocycles. The minimum Gasteiger partial charge on any atom is -0.444 e. The average Bonchev–Trinajstić information content (AvgIpc) is 2.75. The zero-order valence-electron chi connectivity index (χ0n) is 20.1. The Labute approximate surface area is 203 Å². The number of ether oxygens (including phenoxy) is 1. The first-order chi connectivity index (χ1) is 15.6. The average molecular weight is 476 g/mol. The van der Waals surface area contributed by atoms with Gasteiger partial charge in [0.2, 0.25) is 11.8 Å². The van der Waals surface area contributed by atoms with E-state index in [9.17, 15) is 14.4 Å². The number of hydrogen-bond acceptors (Lipinski definition) is 5. The molecule has 0 bridgehead atoms. The predicted octanol–water partition coefficient (Wildman–Crippen LogP) is 4.12. The molecule has 2 atom stereocenters. The van der Waals surface area contributed by atoms with Gasteiger partial charge < -0.3 is 20.3 Å². The minimum absolute atomic E-state index is 0.0303. The highest BCUT2D eigenvalue weighted by Gasteiger charge is 2.35. The highest BCUT2D eigenvalue weighted by molar-refractivity contribution is 7.80. The molecule has 0 aliphatic rings. The second kappa shape index (κ2) is 13.7. The summed E-state index contributed by atoms with van der Waals surface area (Å²) in [5, 5.41) is 5.49. The summed E-state index contributed by atoms with van der Waals surface area (Å²) in [6, 6.07) is 5.37. The molecule has 0 aromatic heterocycles. The topological polar surface area (TPSA) is 87.7 Å². The molecule has 2 unspecified atom stereocenters. The normalized spacial score (nSPS) is 12.8. The SMILES string of the molecule is C=CCN(C(=O)C(CS)NC(=O)OC(C)(C)C)C(C(=O)NCCCC)c1cccc(C=C)c1. The van der Waals surface area contributed by atoms with E-state index in [1.54, 1.807) is 39.0 Å². The van der Waals surface area contributed by atoms with Crippen molar-refractivity contribution in [1.82, 2.24) is 15.5 Å². The molecule has 182 valence electrons. The van der Waals surface area contributed by atoms with E-state index >= 15 is 0 Å². The summed E-state index contributed by atoms with van der Waals surface area (Å²) in [6.45, 7) is 15.4. The number of benzene rings is 1. The van der Waals surface area contributed by atoms with Crippen LogP contribution < -0.4 is 10.6 Å². The molecule has 0 spiro atoms. The van der Waals surface area contributed by atoms with Crippen LogP contribution in [0.15, 0.2) is 43.5 Å². The molecule has 0 saturated carbocycles. The van der Waals surface area contributed by atoms with Crippen molar-refractivity contribution in [3.8, 4) is 0 Å². The van der Waals surface area contributed by atoms with Crippen molar-refractivity contribution in [3.63, 3.8) is 0 Å². The third kappa shape index (κ3) is 9.34. The quantitative estimate of drug-likeness (QED) is 0.241. The van der Waals surface area contributed by atoms with Crippen LogP contribution >= 0.6 is 12.6 Å². The molecule has 0 aliphatic heterocycles. The van der Waals surface area contributed by atoms with Crippen LogP contribution in [0.1, 0.15) is 57.7 Å². The van der Waals surface area contributed by atoms with Crippen LogP contribution in [0.3, 0.4) is 0 Å². The fourth-order valence-corrected chi connectivity index (χ4v) is 3.36. The van der Waals surface area contributed by atoms with E-state index in [1.807, 2.05) is 25.1 Å². The van der Waals surface area contributed by atoms with Crippen LogP contribution in [0.25, 0.3) is 6.08 Å². The van der Waals surface area contributed by atoms with Gasteiger partial charge in [-0.05, 0) is 44.4 Å². The van der Waals surface area contributed by atoms with E-state index in [4.69, 9.17) is 4.74 Å². The Kier molecular flexibility index (Phi) is 11.8. The van der Waals surface area contributed by atoms with Gasteiger partial charge in [-0.15, -0.1) is 6.58 Å². The van der Waals surface area contributed by atoms with Gasteiger partial charge in [0, 0.05) is 18.8 Å². The van der Waals surface area contributed by atoms with Gasteiger partial charge in [0.15, 0.2) is 0 Å². The van der Waals surface area contributed by atoms with E-state index in [0.29, 0.717) is 12.1 Å². The molecule has 33 heavy (non-hydrogen) atoms. The number of unbranched alkanes of at least 4 members (excludes halogenated alkanes) is 1. The lowest BCUT2D eigenvalue weighted by atomic mass is 10.0. The molecule has 7 nitrogen and oxygen atoms in total. The summed E-state index contributed by atoms with van der Waals surface area (Å²) in [5.41, 5.74) is 0.733. The smallest absolute Gasteiger partial charge is 0.408 e. The van der Waals surface area contributed by atoms with Crippen LogP contribution in [0.5, 0.6) is 0 Å². The first kappa shape index (κ1) is 28.3. The third-order valence-electron chi connectivity index (χ3n) is 4.63. The fraction of sp³-hybridized carbons (Fsp3) is 0.480. The summed E-state index contributed by atoms with van der Waals surface area (Å²) >= 11 is 4.25. The molecule has 0 fully saturated rings. The molecule has 2 N–H and O–H groups in total.